The molecule has 4 aromatic rings. The first kappa shape index (κ1) is 22.0. The lowest BCUT2D eigenvalue weighted by Crippen LogP contribution is -2.30. The second kappa shape index (κ2) is 9.14. The molecule has 3 aromatic heterocycles. The van der Waals surface area contributed by atoms with Crippen molar-refractivity contribution in [1.82, 2.24) is 14.0 Å². The summed E-state index contributed by atoms with van der Waals surface area (Å²) in [6, 6.07) is 12.4. The van der Waals surface area contributed by atoms with Gasteiger partial charge in [-0.25, -0.2) is 9.37 Å². The van der Waals surface area contributed by atoms with Gasteiger partial charge in [0, 0.05) is 26.5 Å². The minimum atomic E-state index is -0.835. The van der Waals surface area contributed by atoms with Crippen LogP contribution in [0.3, 0.4) is 0 Å². The van der Waals surface area contributed by atoms with Crippen molar-refractivity contribution >= 4 is 22.6 Å². The Morgan fingerprint density at radius 3 is 2.76 bits per heavy atom. The lowest BCUT2D eigenvalue weighted by Gasteiger charge is -2.14. The van der Waals surface area contributed by atoms with E-state index in [0.29, 0.717) is 18.7 Å². The molecule has 166 valence electrons. The summed E-state index contributed by atoms with van der Waals surface area (Å²) in [6.07, 6.45) is 2.12. The van der Waals surface area contributed by atoms with Gasteiger partial charge in [-0.2, -0.15) is 10.3 Å². The van der Waals surface area contributed by atoms with Crippen LogP contribution in [0.4, 0.5) is 4.39 Å². The number of ether oxygens (including phenoxy) is 1. The molecule has 0 aliphatic carbocycles. The molecule has 1 amide bonds. The van der Waals surface area contributed by atoms with Crippen molar-refractivity contribution in [2.75, 3.05) is 13.7 Å². The number of nitrogens with zero attached hydrogens (tertiary/aromatic N) is 5. The molecule has 1 aromatic carbocycles. The van der Waals surface area contributed by atoms with E-state index in [1.54, 1.807) is 23.9 Å². The van der Waals surface area contributed by atoms with Crippen LogP contribution in [0, 0.1) is 24.1 Å². The Kier molecular flexibility index (Phi) is 6.11. The van der Waals surface area contributed by atoms with E-state index in [-0.39, 0.29) is 39.8 Å². The van der Waals surface area contributed by atoms with E-state index in [9.17, 15) is 19.2 Å². The quantitative estimate of drug-likeness (QED) is 0.347. The first-order valence-electron chi connectivity index (χ1n) is 10.2. The number of methoxy groups -OCH3 is 1. The zero-order chi connectivity index (χ0) is 23.5. The summed E-state index contributed by atoms with van der Waals surface area (Å²) in [4.78, 5) is 34.8. The fraction of sp³-hybridized carbons (Fsp3) is 0.208. The predicted molar refractivity (Wildman–Crippen MR) is 119 cm³/mol. The maximum atomic E-state index is 14.2. The van der Waals surface area contributed by atoms with Gasteiger partial charge in [-0.1, -0.05) is 18.2 Å². The third-order valence-electron chi connectivity index (χ3n) is 5.27. The number of carbonyl (C=O) groups is 1. The summed E-state index contributed by atoms with van der Waals surface area (Å²) in [5, 5.41) is 10.0. The third-order valence-corrected chi connectivity index (χ3v) is 5.27. The van der Waals surface area contributed by atoms with Crippen LogP contribution in [0.25, 0.3) is 16.7 Å². The summed E-state index contributed by atoms with van der Waals surface area (Å²) in [7, 11) is 1.56. The number of aryl methyl sites for hydroxylation is 2. The molecule has 0 spiro atoms. The largest absolute Gasteiger partial charge is 0.385 e. The summed E-state index contributed by atoms with van der Waals surface area (Å²) in [5.74, 6) is -1.55. The van der Waals surface area contributed by atoms with Crippen LogP contribution in [0.5, 0.6) is 0 Å². The van der Waals surface area contributed by atoms with Crippen molar-refractivity contribution in [3.8, 4) is 6.07 Å². The SMILES string of the molecule is COCCCn1c(=NC(=O)c2ccccc2F)c(C#N)cc2c(=O)n3cccc(C)c3nc21. The summed E-state index contributed by atoms with van der Waals surface area (Å²) < 4.78 is 22.3. The number of aromatic nitrogens is 3. The van der Waals surface area contributed by atoms with E-state index >= 15 is 0 Å². The molecule has 0 unspecified atom stereocenters. The lowest BCUT2D eigenvalue weighted by atomic mass is 10.2. The molecule has 8 nitrogen and oxygen atoms in total. The van der Waals surface area contributed by atoms with Crippen molar-refractivity contribution in [2.24, 2.45) is 4.99 Å². The zero-order valence-electron chi connectivity index (χ0n) is 18.1. The first-order valence-corrected chi connectivity index (χ1v) is 10.2. The standard InChI is InChI=1S/C24H20FN5O3/c1-15-7-5-10-30-20(15)27-22-18(24(30)32)13-16(14-26)21(29(22)11-6-12-33-2)28-23(31)17-8-3-4-9-19(17)25/h3-5,7-10,13H,6,11-12H2,1-2H3. The number of nitriles is 1. The van der Waals surface area contributed by atoms with Crippen molar-refractivity contribution in [1.29, 1.82) is 5.26 Å². The maximum Gasteiger partial charge on any atom is 0.281 e. The number of pyridine rings is 2. The van der Waals surface area contributed by atoms with Crippen LogP contribution in [-0.2, 0) is 11.3 Å². The van der Waals surface area contributed by atoms with E-state index in [1.807, 2.05) is 19.1 Å². The third kappa shape index (κ3) is 4.04. The van der Waals surface area contributed by atoms with E-state index in [1.165, 1.54) is 34.7 Å². The van der Waals surface area contributed by atoms with Crippen LogP contribution >= 0.6 is 0 Å². The molecule has 0 radical (unpaired) electrons. The number of rotatable bonds is 5. The number of hydrogen-bond acceptors (Lipinski definition) is 5. The number of hydrogen-bond donors (Lipinski definition) is 0. The number of fused-ring (bicyclic) bond motifs is 2. The summed E-state index contributed by atoms with van der Waals surface area (Å²) in [6.45, 7) is 2.51. The Hall–Kier alpha value is -4.16. The average Bonchev–Trinajstić information content (AvgIpc) is 2.81. The molecule has 0 atom stereocenters. The van der Waals surface area contributed by atoms with E-state index in [4.69, 9.17) is 4.74 Å². The van der Waals surface area contributed by atoms with Crippen LogP contribution in [0.2, 0.25) is 0 Å². The average molecular weight is 445 g/mol. The molecule has 3 heterocycles. The maximum absolute atomic E-state index is 14.2. The second-order valence-corrected chi connectivity index (χ2v) is 7.43. The smallest absolute Gasteiger partial charge is 0.281 e. The van der Waals surface area contributed by atoms with Gasteiger partial charge in [0.1, 0.15) is 23.2 Å². The zero-order valence-corrected chi connectivity index (χ0v) is 18.1. The Bertz CT molecular complexity index is 1560. The lowest BCUT2D eigenvalue weighted by molar-refractivity contribution is 0.0993. The Balaban J connectivity index is 2.09. The highest BCUT2D eigenvalue weighted by molar-refractivity contribution is 5.95. The topological polar surface area (TPSA) is 102 Å². The Labute approximate surface area is 187 Å². The molecule has 0 fully saturated rings. The molecular weight excluding hydrogens is 425 g/mol. The van der Waals surface area contributed by atoms with Gasteiger partial charge in [0.25, 0.3) is 11.5 Å². The van der Waals surface area contributed by atoms with Crippen LogP contribution in [-0.4, -0.2) is 33.6 Å². The van der Waals surface area contributed by atoms with Gasteiger partial charge in [-0.15, -0.1) is 0 Å². The van der Waals surface area contributed by atoms with Gasteiger partial charge in [0.05, 0.1) is 16.5 Å². The van der Waals surface area contributed by atoms with Crippen molar-refractivity contribution in [3.63, 3.8) is 0 Å². The van der Waals surface area contributed by atoms with Crippen molar-refractivity contribution < 1.29 is 13.9 Å². The van der Waals surface area contributed by atoms with E-state index < -0.39 is 11.7 Å². The normalized spacial score (nSPS) is 11.8. The minimum absolute atomic E-state index is 0.0103. The molecule has 4 rings (SSSR count). The van der Waals surface area contributed by atoms with Gasteiger partial charge in [-0.05, 0) is 43.2 Å². The van der Waals surface area contributed by atoms with E-state index in [0.717, 1.165) is 5.56 Å². The summed E-state index contributed by atoms with van der Waals surface area (Å²) in [5.41, 5.74) is 0.978. The molecule has 33 heavy (non-hydrogen) atoms. The van der Waals surface area contributed by atoms with Crippen molar-refractivity contribution in [3.05, 3.63) is 87.0 Å². The highest BCUT2D eigenvalue weighted by Gasteiger charge is 2.17. The number of benzene rings is 1. The first-order chi connectivity index (χ1) is 16.0. The Morgan fingerprint density at radius 2 is 2.03 bits per heavy atom. The van der Waals surface area contributed by atoms with Crippen LogP contribution in [0.15, 0.2) is 58.4 Å². The molecule has 0 bridgehead atoms. The number of amides is 1. The monoisotopic (exact) mass is 445 g/mol. The van der Waals surface area contributed by atoms with Gasteiger partial charge in [0.2, 0.25) is 0 Å². The van der Waals surface area contributed by atoms with E-state index in [2.05, 4.69) is 9.98 Å². The van der Waals surface area contributed by atoms with Crippen molar-refractivity contribution in [2.45, 2.75) is 19.9 Å². The number of halogens is 1. The van der Waals surface area contributed by atoms with Crippen LogP contribution in [0.1, 0.15) is 27.9 Å². The molecular formula is C24H20FN5O3. The second-order valence-electron chi connectivity index (χ2n) is 7.43. The Morgan fingerprint density at radius 1 is 1.24 bits per heavy atom. The predicted octanol–water partition coefficient (Wildman–Crippen LogP) is 2.75. The molecule has 0 aliphatic heterocycles. The minimum Gasteiger partial charge on any atom is -0.385 e. The molecule has 0 N–H and O–H groups in total. The van der Waals surface area contributed by atoms with Crippen LogP contribution < -0.4 is 11.0 Å². The van der Waals surface area contributed by atoms with Gasteiger partial charge in [0.15, 0.2) is 5.49 Å². The van der Waals surface area contributed by atoms with Gasteiger partial charge in [-0.3, -0.25) is 14.0 Å². The highest BCUT2D eigenvalue weighted by atomic mass is 19.1. The molecule has 0 saturated carbocycles. The van der Waals surface area contributed by atoms with Gasteiger partial charge < -0.3 is 9.30 Å². The molecule has 0 saturated heterocycles. The molecule has 9 heteroatoms. The molecule has 0 aliphatic rings. The van der Waals surface area contributed by atoms with Gasteiger partial charge >= 0.3 is 0 Å². The highest BCUT2D eigenvalue weighted by Crippen LogP contribution is 2.14. The summed E-state index contributed by atoms with van der Waals surface area (Å²) >= 11 is 0. The number of carbonyl (C=O) groups excluding carboxylic acids is 1. The fourth-order valence-electron chi connectivity index (χ4n) is 3.66. The fourth-order valence-corrected chi connectivity index (χ4v) is 3.66.